The highest BCUT2D eigenvalue weighted by atomic mass is 32.2. The van der Waals surface area contributed by atoms with Gasteiger partial charge in [-0.15, -0.1) is 0 Å². The Morgan fingerprint density at radius 1 is 1.12 bits per heavy atom. The van der Waals surface area contributed by atoms with Crippen molar-refractivity contribution >= 4 is 27.3 Å². The molecule has 2 saturated heterocycles. The average Bonchev–Trinajstić information content (AvgIpc) is 3.53. The standard InChI is InChI=1S/C23H31N5O4S/c1-26-16-17(15-24-26)19-14-20(19)23(29)25-21-13-18(33(30,31)28-7-3-2-4-8-28)5-6-22(21)27-9-11-32-12-10-27/h5-6,13,15-16,19-20H,2-4,7-12,14H2,1H3,(H,25,29). The van der Waals surface area contributed by atoms with Gasteiger partial charge in [-0.05, 0) is 48.9 Å². The predicted molar refractivity (Wildman–Crippen MR) is 125 cm³/mol. The number of benzene rings is 1. The molecule has 1 amide bonds. The zero-order chi connectivity index (χ0) is 23.0. The average molecular weight is 474 g/mol. The van der Waals surface area contributed by atoms with Crippen LogP contribution in [0.2, 0.25) is 0 Å². The van der Waals surface area contributed by atoms with Crippen LogP contribution in [0.25, 0.3) is 0 Å². The molecule has 2 unspecified atom stereocenters. The summed E-state index contributed by atoms with van der Waals surface area (Å²) in [6.07, 6.45) is 7.35. The van der Waals surface area contributed by atoms with Gasteiger partial charge < -0.3 is 15.0 Å². The second-order valence-electron chi connectivity index (χ2n) is 9.13. The van der Waals surface area contributed by atoms with Crippen LogP contribution in [0, 0.1) is 5.92 Å². The summed E-state index contributed by atoms with van der Waals surface area (Å²) in [5.41, 5.74) is 2.45. The summed E-state index contributed by atoms with van der Waals surface area (Å²) in [5, 5.41) is 7.27. The van der Waals surface area contributed by atoms with Gasteiger partial charge in [-0.1, -0.05) is 6.42 Å². The van der Waals surface area contributed by atoms with Gasteiger partial charge in [0, 0.05) is 45.3 Å². The quantitative estimate of drug-likeness (QED) is 0.691. The summed E-state index contributed by atoms with van der Waals surface area (Å²) in [6.45, 7) is 3.69. The maximum Gasteiger partial charge on any atom is 0.243 e. The van der Waals surface area contributed by atoms with Crippen molar-refractivity contribution in [1.29, 1.82) is 0 Å². The van der Waals surface area contributed by atoms with Crippen molar-refractivity contribution in [3.63, 3.8) is 0 Å². The van der Waals surface area contributed by atoms with Crippen LogP contribution in [-0.2, 0) is 26.6 Å². The number of hydrogen-bond donors (Lipinski definition) is 1. The van der Waals surface area contributed by atoms with Gasteiger partial charge in [0.05, 0.1) is 35.7 Å². The molecule has 3 aliphatic rings. The Morgan fingerprint density at radius 2 is 1.88 bits per heavy atom. The van der Waals surface area contributed by atoms with E-state index in [2.05, 4.69) is 15.3 Å². The van der Waals surface area contributed by atoms with Gasteiger partial charge in [0.25, 0.3) is 0 Å². The van der Waals surface area contributed by atoms with Crippen LogP contribution in [0.15, 0.2) is 35.5 Å². The fourth-order valence-electron chi connectivity index (χ4n) is 4.82. The molecule has 3 fully saturated rings. The molecular formula is C23H31N5O4S. The first-order valence-electron chi connectivity index (χ1n) is 11.7. The van der Waals surface area contributed by atoms with Gasteiger partial charge in [-0.25, -0.2) is 8.42 Å². The fourth-order valence-corrected chi connectivity index (χ4v) is 6.36. The Bertz CT molecular complexity index is 1120. The topological polar surface area (TPSA) is 96.8 Å². The lowest BCUT2D eigenvalue weighted by atomic mass is 10.2. The summed E-state index contributed by atoms with van der Waals surface area (Å²) < 4.78 is 35.3. The number of nitrogens with zero attached hydrogens (tertiary/aromatic N) is 4. The van der Waals surface area contributed by atoms with Crippen molar-refractivity contribution in [2.24, 2.45) is 13.0 Å². The molecule has 2 aromatic rings. The Balaban J connectivity index is 1.40. The molecule has 1 saturated carbocycles. The van der Waals surface area contributed by atoms with Crippen LogP contribution in [0.3, 0.4) is 0 Å². The third-order valence-electron chi connectivity index (χ3n) is 6.81. The van der Waals surface area contributed by atoms with Gasteiger partial charge in [0.1, 0.15) is 0 Å². The fraction of sp³-hybridized carbons (Fsp3) is 0.565. The molecule has 3 heterocycles. The second-order valence-corrected chi connectivity index (χ2v) is 11.1. The number of aromatic nitrogens is 2. The molecule has 0 bridgehead atoms. The maximum atomic E-state index is 13.3. The molecule has 2 atom stereocenters. The number of carbonyl (C=O) groups is 1. The van der Waals surface area contributed by atoms with E-state index in [4.69, 9.17) is 4.74 Å². The summed E-state index contributed by atoms with van der Waals surface area (Å²) in [6, 6.07) is 5.12. The minimum Gasteiger partial charge on any atom is -0.378 e. The Labute approximate surface area is 194 Å². The summed E-state index contributed by atoms with van der Waals surface area (Å²) >= 11 is 0. The molecule has 0 spiro atoms. The predicted octanol–water partition coefficient (Wildman–Crippen LogP) is 2.17. The first-order chi connectivity index (χ1) is 15.9. The number of morpholine rings is 1. The smallest absolute Gasteiger partial charge is 0.243 e. The van der Waals surface area contributed by atoms with E-state index in [-0.39, 0.29) is 22.6 Å². The van der Waals surface area contributed by atoms with Crippen LogP contribution in [0.4, 0.5) is 11.4 Å². The largest absolute Gasteiger partial charge is 0.378 e. The third-order valence-corrected chi connectivity index (χ3v) is 8.71. The van der Waals surface area contributed by atoms with Crippen LogP contribution >= 0.6 is 0 Å². The summed E-state index contributed by atoms with van der Waals surface area (Å²) in [4.78, 5) is 15.5. The number of sulfonamides is 1. The number of nitrogens with one attached hydrogen (secondary N) is 1. The summed E-state index contributed by atoms with van der Waals surface area (Å²) in [5.74, 6) is -0.0502. The second kappa shape index (κ2) is 9.08. The first kappa shape index (κ1) is 22.4. The van der Waals surface area contributed by atoms with E-state index in [0.717, 1.165) is 36.9 Å². The molecule has 1 aliphatic carbocycles. The number of ether oxygens (including phenoxy) is 1. The molecule has 1 N–H and O–H groups in total. The van der Waals surface area contributed by atoms with Gasteiger partial charge in [-0.3, -0.25) is 9.48 Å². The van der Waals surface area contributed by atoms with Crippen molar-refractivity contribution in [3.8, 4) is 0 Å². The zero-order valence-corrected chi connectivity index (χ0v) is 19.8. The SMILES string of the molecule is Cn1cc(C2CC2C(=O)Nc2cc(S(=O)(=O)N3CCCCC3)ccc2N2CCOCC2)cn1. The minimum absolute atomic E-state index is 0.0779. The Kier molecular flexibility index (Phi) is 6.15. The van der Waals surface area contributed by atoms with Gasteiger partial charge in [0.15, 0.2) is 0 Å². The highest BCUT2D eigenvalue weighted by molar-refractivity contribution is 7.89. The molecule has 1 aromatic heterocycles. The summed E-state index contributed by atoms with van der Waals surface area (Å²) in [7, 11) is -1.73. The molecular weight excluding hydrogens is 442 g/mol. The number of rotatable bonds is 6. The number of aryl methyl sites for hydroxylation is 1. The number of carbonyl (C=O) groups excluding carboxylic acids is 1. The van der Waals surface area contributed by atoms with Crippen molar-refractivity contribution < 1.29 is 17.9 Å². The van der Waals surface area contributed by atoms with Crippen molar-refractivity contribution in [2.75, 3.05) is 49.6 Å². The number of hydrogen-bond acceptors (Lipinski definition) is 6. The van der Waals surface area contributed by atoms with Crippen LogP contribution in [0.1, 0.15) is 37.2 Å². The third kappa shape index (κ3) is 4.64. The lowest BCUT2D eigenvalue weighted by Crippen LogP contribution is -2.37. The highest BCUT2D eigenvalue weighted by Crippen LogP contribution is 2.48. The molecule has 2 aliphatic heterocycles. The Hall–Kier alpha value is -2.43. The van der Waals surface area contributed by atoms with Crippen molar-refractivity contribution in [1.82, 2.24) is 14.1 Å². The highest BCUT2D eigenvalue weighted by Gasteiger charge is 2.45. The monoisotopic (exact) mass is 473 g/mol. The van der Waals surface area contributed by atoms with Crippen LogP contribution < -0.4 is 10.2 Å². The lowest BCUT2D eigenvalue weighted by molar-refractivity contribution is -0.117. The van der Waals surface area contributed by atoms with E-state index >= 15 is 0 Å². The zero-order valence-electron chi connectivity index (χ0n) is 18.9. The molecule has 1 aromatic carbocycles. The number of amides is 1. The van der Waals surface area contributed by atoms with E-state index in [1.807, 2.05) is 25.5 Å². The minimum atomic E-state index is -3.60. The van der Waals surface area contributed by atoms with E-state index < -0.39 is 10.0 Å². The molecule has 9 nitrogen and oxygen atoms in total. The molecule has 0 radical (unpaired) electrons. The van der Waals surface area contributed by atoms with Gasteiger partial charge in [0.2, 0.25) is 15.9 Å². The van der Waals surface area contributed by atoms with E-state index in [1.54, 1.807) is 21.1 Å². The molecule has 33 heavy (non-hydrogen) atoms. The molecule has 5 rings (SSSR count). The van der Waals surface area contributed by atoms with Crippen LogP contribution in [-0.4, -0.2) is 67.8 Å². The number of anilines is 2. The van der Waals surface area contributed by atoms with E-state index in [1.165, 1.54) is 0 Å². The van der Waals surface area contributed by atoms with Crippen molar-refractivity contribution in [2.45, 2.75) is 36.5 Å². The maximum absolute atomic E-state index is 13.3. The van der Waals surface area contributed by atoms with Crippen LogP contribution in [0.5, 0.6) is 0 Å². The van der Waals surface area contributed by atoms with E-state index in [0.29, 0.717) is 45.1 Å². The molecule has 10 heteroatoms. The van der Waals surface area contributed by atoms with Gasteiger partial charge in [-0.2, -0.15) is 9.40 Å². The van der Waals surface area contributed by atoms with Crippen molar-refractivity contribution in [3.05, 3.63) is 36.2 Å². The molecule has 178 valence electrons. The van der Waals surface area contributed by atoms with Gasteiger partial charge >= 0.3 is 0 Å². The number of piperidine rings is 1. The Morgan fingerprint density at radius 3 is 2.58 bits per heavy atom. The lowest BCUT2D eigenvalue weighted by Gasteiger charge is -2.31. The first-order valence-corrected chi connectivity index (χ1v) is 13.1. The normalized spacial score (nSPS) is 24.0. The van der Waals surface area contributed by atoms with E-state index in [9.17, 15) is 13.2 Å².